The summed E-state index contributed by atoms with van der Waals surface area (Å²) < 4.78 is 0. The van der Waals surface area contributed by atoms with E-state index in [1.807, 2.05) is 48.6 Å². The van der Waals surface area contributed by atoms with Gasteiger partial charge < -0.3 is 10.4 Å². The van der Waals surface area contributed by atoms with Crippen LogP contribution >= 0.6 is 11.3 Å². The predicted molar refractivity (Wildman–Crippen MR) is 91.0 cm³/mol. The third-order valence-corrected chi connectivity index (χ3v) is 5.49. The average Bonchev–Trinajstić information content (AvgIpc) is 2.89. The van der Waals surface area contributed by atoms with Crippen LogP contribution < -0.4 is 5.32 Å². The molecule has 4 heteroatoms. The van der Waals surface area contributed by atoms with E-state index in [0.717, 1.165) is 29.5 Å². The number of hydrogen-bond donors (Lipinski definition) is 2. The van der Waals surface area contributed by atoms with Gasteiger partial charge in [0.05, 0.1) is 11.3 Å². The zero-order valence-corrected chi connectivity index (χ0v) is 14.1. The van der Waals surface area contributed by atoms with Crippen LogP contribution in [-0.2, 0) is 25.0 Å². The molecule has 1 aliphatic carbocycles. The van der Waals surface area contributed by atoms with Gasteiger partial charge in [-0.25, -0.2) is 4.98 Å². The molecule has 3 nitrogen and oxygen atoms in total. The molecular formula is C18H24N2OS. The van der Waals surface area contributed by atoms with Crippen LogP contribution in [0.1, 0.15) is 41.4 Å². The molecule has 0 bridgehead atoms. The summed E-state index contributed by atoms with van der Waals surface area (Å²) in [6.07, 6.45) is 3.55. The molecule has 0 amide bonds. The molecule has 118 valence electrons. The van der Waals surface area contributed by atoms with E-state index in [2.05, 4.69) is 12.2 Å². The highest BCUT2D eigenvalue weighted by molar-refractivity contribution is 7.11. The summed E-state index contributed by atoms with van der Waals surface area (Å²) in [5.41, 5.74) is 1.39. The van der Waals surface area contributed by atoms with Gasteiger partial charge in [0.15, 0.2) is 0 Å². The van der Waals surface area contributed by atoms with E-state index in [9.17, 15) is 5.11 Å². The van der Waals surface area contributed by atoms with Crippen molar-refractivity contribution in [2.24, 2.45) is 5.92 Å². The predicted octanol–water partition coefficient (Wildman–Crippen LogP) is 3.27. The van der Waals surface area contributed by atoms with Crippen LogP contribution in [0.3, 0.4) is 0 Å². The molecule has 2 N–H and O–H groups in total. The lowest BCUT2D eigenvalue weighted by molar-refractivity contribution is 0.0566. The van der Waals surface area contributed by atoms with Crippen molar-refractivity contribution in [3.8, 4) is 0 Å². The Bertz CT molecular complexity index is 621. The highest BCUT2D eigenvalue weighted by Crippen LogP contribution is 2.29. The molecule has 22 heavy (non-hydrogen) atoms. The summed E-state index contributed by atoms with van der Waals surface area (Å²) in [6, 6.07) is 9.81. The largest absolute Gasteiger partial charge is 0.384 e. The van der Waals surface area contributed by atoms with E-state index in [4.69, 9.17) is 4.98 Å². The Balaban J connectivity index is 1.57. The standard InChI is InChI=1S/C18H24N2OS/c1-13-8-9-15-16(10-13)22-17(20-15)11-19-12-18(2,21)14-6-4-3-5-7-14/h3-7,13,19,21H,8-12H2,1-2H3. The van der Waals surface area contributed by atoms with Crippen LogP contribution in [0.4, 0.5) is 0 Å². The van der Waals surface area contributed by atoms with Crippen molar-refractivity contribution >= 4 is 11.3 Å². The van der Waals surface area contributed by atoms with Crippen LogP contribution in [0.25, 0.3) is 0 Å². The fraction of sp³-hybridized carbons (Fsp3) is 0.500. The third kappa shape index (κ3) is 3.57. The average molecular weight is 316 g/mol. The Hall–Kier alpha value is -1.23. The van der Waals surface area contributed by atoms with Crippen molar-refractivity contribution in [2.75, 3.05) is 6.54 Å². The lowest BCUT2D eigenvalue weighted by atomic mass is 9.93. The number of thiazole rings is 1. The Morgan fingerprint density at radius 3 is 2.91 bits per heavy atom. The number of aliphatic hydroxyl groups is 1. The van der Waals surface area contributed by atoms with Gasteiger partial charge in [-0.1, -0.05) is 37.3 Å². The van der Waals surface area contributed by atoms with Crippen LogP contribution in [0.5, 0.6) is 0 Å². The van der Waals surface area contributed by atoms with Gasteiger partial charge in [0.2, 0.25) is 0 Å². The van der Waals surface area contributed by atoms with Gasteiger partial charge in [0.1, 0.15) is 5.01 Å². The van der Waals surface area contributed by atoms with E-state index >= 15 is 0 Å². The van der Waals surface area contributed by atoms with Crippen molar-refractivity contribution in [2.45, 2.75) is 45.3 Å². The Labute approximate surface area is 136 Å². The van der Waals surface area contributed by atoms with Gasteiger partial charge in [-0.15, -0.1) is 11.3 Å². The maximum absolute atomic E-state index is 10.6. The molecule has 1 heterocycles. The SMILES string of the molecule is CC1CCc2nc(CNCC(C)(O)c3ccccc3)sc2C1. The minimum atomic E-state index is -0.855. The number of nitrogens with zero attached hydrogens (tertiary/aromatic N) is 1. The molecule has 0 aliphatic heterocycles. The zero-order chi connectivity index (χ0) is 15.6. The smallest absolute Gasteiger partial charge is 0.107 e. The van der Waals surface area contributed by atoms with E-state index in [1.165, 1.54) is 23.4 Å². The normalized spacial score (nSPS) is 20.4. The zero-order valence-electron chi connectivity index (χ0n) is 13.3. The Kier molecular flexibility index (Phi) is 4.62. The summed E-state index contributed by atoms with van der Waals surface area (Å²) in [4.78, 5) is 6.22. The number of aryl methyl sites for hydroxylation is 1. The topological polar surface area (TPSA) is 45.2 Å². The second-order valence-electron chi connectivity index (χ2n) is 6.57. The highest BCUT2D eigenvalue weighted by Gasteiger charge is 2.23. The summed E-state index contributed by atoms with van der Waals surface area (Å²) in [5, 5.41) is 15.1. The lowest BCUT2D eigenvalue weighted by Crippen LogP contribution is -2.35. The van der Waals surface area contributed by atoms with Crippen molar-refractivity contribution in [1.82, 2.24) is 10.3 Å². The fourth-order valence-electron chi connectivity index (χ4n) is 2.98. The minimum Gasteiger partial charge on any atom is -0.384 e. The van der Waals surface area contributed by atoms with Crippen LogP contribution in [0, 0.1) is 5.92 Å². The summed E-state index contributed by atoms with van der Waals surface area (Å²) in [5.74, 6) is 0.785. The summed E-state index contributed by atoms with van der Waals surface area (Å²) >= 11 is 1.83. The number of benzene rings is 1. The monoisotopic (exact) mass is 316 g/mol. The number of fused-ring (bicyclic) bond motifs is 1. The third-order valence-electron chi connectivity index (χ3n) is 4.37. The van der Waals surface area contributed by atoms with E-state index in [1.54, 1.807) is 0 Å². The molecule has 0 spiro atoms. The van der Waals surface area contributed by atoms with Gasteiger partial charge in [0, 0.05) is 18.0 Å². The maximum Gasteiger partial charge on any atom is 0.107 e. The maximum atomic E-state index is 10.6. The van der Waals surface area contributed by atoms with Crippen LogP contribution in [0.2, 0.25) is 0 Å². The van der Waals surface area contributed by atoms with E-state index in [-0.39, 0.29) is 0 Å². The molecule has 0 saturated carbocycles. The second-order valence-corrected chi connectivity index (χ2v) is 7.74. The number of nitrogens with one attached hydrogen (secondary N) is 1. The molecule has 2 atom stereocenters. The van der Waals surface area contributed by atoms with Crippen LogP contribution in [-0.4, -0.2) is 16.6 Å². The first-order valence-electron chi connectivity index (χ1n) is 8.00. The van der Waals surface area contributed by atoms with Gasteiger partial charge in [0.25, 0.3) is 0 Å². The molecular weight excluding hydrogens is 292 g/mol. The first-order valence-corrected chi connectivity index (χ1v) is 8.82. The molecule has 2 unspecified atom stereocenters. The Morgan fingerprint density at radius 1 is 1.36 bits per heavy atom. The number of rotatable bonds is 5. The molecule has 0 saturated heterocycles. The van der Waals surface area contributed by atoms with Gasteiger partial charge in [-0.2, -0.15) is 0 Å². The number of hydrogen-bond acceptors (Lipinski definition) is 4. The fourth-order valence-corrected chi connectivity index (χ4v) is 4.23. The van der Waals surface area contributed by atoms with Gasteiger partial charge in [-0.3, -0.25) is 0 Å². The van der Waals surface area contributed by atoms with Crippen molar-refractivity contribution in [3.63, 3.8) is 0 Å². The minimum absolute atomic E-state index is 0.525. The molecule has 1 aromatic carbocycles. The first kappa shape index (κ1) is 15.7. The highest BCUT2D eigenvalue weighted by atomic mass is 32.1. The molecule has 0 radical (unpaired) electrons. The van der Waals surface area contributed by atoms with Gasteiger partial charge >= 0.3 is 0 Å². The van der Waals surface area contributed by atoms with Crippen molar-refractivity contribution in [3.05, 3.63) is 51.5 Å². The number of aromatic nitrogens is 1. The van der Waals surface area contributed by atoms with Gasteiger partial charge in [-0.05, 0) is 37.7 Å². The molecule has 2 aromatic rings. The van der Waals surface area contributed by atoms with Crippen LogP contribution in [0.15, 0.2) is 30.3 Å². The molecule has 1 aliphatic rings. The summed E-state index contributed by atoms with van der Waals surface area (Å²) in [6.45, 7) is 5.42. The first-order chi connectivity index (χ1) is 10.5. The Morgan fingerprint density at radius 2 is 2.14 bits per heavy atom. The second kappa shape index (κ2) is 6.49. The summed E-state index contributed by atoms with van der Waals surface area (Å²) in [7, 11) is 0. The van der Waals surface area contributed by atoms with Crippen molar-refractivity contribution in [1.29, 1.82) is 0 Å². The molecule has 3 rings (SSSR count). The van der Waals surface area contributed by atoms with E-state index in [0.29, 0.717) is 6.54 Å². The van der Waals surface area contributed by atoms with E-state index < -0.39 is 5.60 Å². The van der Waals surface area contributed by atoms with Crippen molar-refractivity contribution < 1.29 is 5.11 Å². The quantitative estimate of drug-likeness (QED) is 0.890. The lowest BCUT2D eigenvalue weighted by Gasteiger charge is -2.24. The molecule has 1 aromatic heterocycles. The molecule has 0 fully saturated rings.